The summed E-state index contributed by atoms with van der Waals surface area (Å²) in [6.07, 6.45) is 4.62. The maximum absolute atomic E-state index is 9.14. The SMILES string of the molecule is Cn1cc(CCOc2ccccc2CO)cn1. The number of aromatic nitrogens is 2. The van der Waals surface area contributed by atoms with Gasteiger partial charge in [0.15, 0.2) is 0 Å². The molecule has 0 atom stereocenters. The van der Waals surface area contributed by atoms with E-state index in [0.29, 0.717) is 6.61 Å². The normalized spacial score (nSPS) is 10.5. The molecule has 0 fully saturated rings. The van der Waals surface area contributed by atoms with Gasteiger partial charge < -0.3 is 9.84 Å². The fourth-order valence-electron chi connectivity index (χ4n) is 1.66. The lowest BCUT2D eigenvalue weighted by molar-refractivity contribution is 0.264. The molecule has 0 bridgehead atoms. The molecule has 1 heterocycles. The summed E-state index contributed by atoms with van der Waals surface area (Å²) in [6.45, 7) is 0.589. The average molecular weight is 232 g/mol. The van der Waals surface area contributed by atoms with Crippen molar-refractivity contribution in [3.05, 3.63) is 47.8 Å². The Balaban J connectivity index is 1.89. The van der Waals surface area contributed by atoms with Gasteiger partial charge in [-0.1, -0.05) is 18.2 Å². The molecule has 0 aliphatic rings. The molecule has 17 heavy (non-hydrogen) atoms. The maximum atomic E-state index is 9.14. The fourth-order valence-corrected chi connectivity index (χ4v) is 1.66. The third-order valence-corrected chi connectivity index (χ3v) is 2.55. The minimum absolute atomic E-state index is 0.00304. The number of rotatable bonds is 5. The van der Waals surface area contributed by atoms with Crippen LogP contribution in [0.3, 0.4) is 0 Å². The first kappa shape index (κ1) is 11.7. The number of benzene rings is 1. The van der Waals surface area contributed by atoms with E-state index in [0.717, 1.165) is 23.3 Å². The number of aryl methyl sites for hydroxylation is 1. The zero-order valence-electron chi connectivity index (χ0n) is 9.84. The zero-order chi connectivity index (χ0) is 12.1. The number of ether oxygens (including phenoxy) is 1. The first-order valence-electron chi connectivity index (χ1n) is 5.58. The van der Waals surface area contributed by atoms with Crippen molar-refractivity contribution in [1.29, 1.82) is 0 Å². The highest BCUT2D eigenvalue weighted by molar-refractivity contribution is 5.32. The van der Waals surface area contributed by atoms with Crippen molar-refractivity contribution < 1.29 is 9.84 Å². The van der Waals surface area contributed by atoms with Crippen molar-refractivity contribution >= 4 is 0 Å². The molecule has 0 aliphatic heterocycles. The van der Waals surface area contributed by atoms with Gasteiger partial charge in [-0.25, -0.2) is 0 Å². The zero-order valence-corrected chi connectivity index (χ0v) is 9.84. The van der Waals surface area contributed by atoms with Crippen LogP contribution in [-0.2, 0) is 20.1 Å². The van der Waals surface area contributed by atoms with Crippen molar-refractivity contribution in [1.82, 2.24) is 9.78 Å². The van der Waals surface area contributed by atoms with E-state index < -0.39 is 0 Å². The van der Waals surface area contributed by atoms with Crippen LogP contribution >= 0.6 is 0 Å². The highest BCUT2D eigenvalue weighted by atomic mass is 16.5. The van der Waals surface area contributed by atoms with Gasteiger partial charge in [0.25, 0.3) is 0 Å². The molecule has 0 amide bonds. The van der Waals surface area contributed by atoms with Crippen LogP contribution in [0.5, 0.6) is 5.75 Å². The molecule has 0 unspecified atom stereocenters. The Labute approximate surface area is 100 Å². The second-order valence-corrected chi connectivity index (χ2v) is 3.89. The summed E-state index contributed by atoms with van der Waals surface area (Å²) in [7, 11) is 1.89. The number of aliphatic hydroxyl groups excluding tert-OH is 1. The summed E-state index contributed by atoms with van der Waals surface area (Å²) in [5.74, 6) is 0.749. The van der Waals surface area contributed by atoms with Crippen LogP contribution in [-0.4, -0.2) is 21.5 Å². The molecule has 4 heteroatoms. The number of hydrogen-bond donors (Lipinski definition) is 1. The summed E-state index contributed by atoms with van der Waals surface area (Å²) in [6, 6.07) is 7.52. The Hall–Kier alpha value is -1.81. The highest BCUT2D eigenvalue weighted by Gasteiger charge is 2.02. The van der Waals surface area contributed by atoms with Gasteiger partial charge in [0.2, 0.25) is 0 Å². The second-order valence-electron chi connectivity index (χ2n) is 3.89. The van der Waals surface area contributed by atoms with Crippen LogP contribution in [0.25, 0.3) is 0 Å². The van der Waals surface area contributed by atoms with E-state index in [1.165, 1.54) is 0 Å². The van der Waals surface area contributed by atoms with Crippen molar-refractivity contribution in [2.24, 2.45) is 7.05 Å². The molecule has 0 aliphatic carbocycles. The van der Waals surface area contributed by atoms with E-state index in [1.54, 1.807) is 4.68 Å². The monoisotopic (exact) mass is 232 g/mol. The minimum Gasteiger partial charge on any atom is -0.493 e. The first-order chi connectivity index (χ1) is 8.29. The fraction of sp³-hybridized carbons (Fsp3) is 0.308. The van der Waals surface area contributed by atoms with Gasteiger partial charge in [-0.05, 0) is 11.6 Å². The lowest BCUT2D eigenvalue weighted by Gasteiger charge is -2.08. The molecule has 2 aromatic rings. The van der Waals surface area contributed by atoms with Gasteiger partial charge in [0, 0.05) is 25.2 Å². The molecular weight excluding hydrogens is 216 g/mol. The quantitative estimate of drug-likeness (QED) is 0.850. The molecule has 1 N–H and O–H groups in total. The smallest absolute Gasteiger partial charge is 0.124 e. The topological polar surface area (TPSA) is 47.3 Å². The summed E-state index contributed by atoms with van der Waals surface area (Å²) >= 11 is 0. The summed E-state index contributed by atoms with van der Waals surface area (Å²) < 4.78 is 7.42. The Bertz CT molecular complexity index is 480. The van der Waals surface area contributed by atoms with E-state index in [9.17, 15) is 0 Å². The molecule has 0 saturated carbocycles. The van der Waals surface area contributed by atoms with E-state index >= 15 is 0 Å². The van der Waals surface area contributed by atoms with Gasteiger partial charge >= 0.3 is 0 Å². The van der Waals surface area contributed by atoms with Crippen LogP contribution in [0, 0.1) is 0 Å². The third-order valence-electron chi connectivity index (χ3n) is 2.55. The largest absolute Gasteiger partial charge is 0.493 e. The lowest BCUT2D eigenvalue weighted by Crippen LogP contribution is -2.02. The second kappa shape index (κ2) is 5.50. The summed E-state index contributed by atoms with van der Waals surface area (Å²) in [5, 5.41) is 13.2. The molecule has 90 valence electrons. The molecule has 0 spiro atoms. The molecule has 0 saturated heterocycles. The van der Waals surface area contributed by atoms with E-state index in [-0.39, 0.29) is 6.61 Å². The van der Waals surface area contributed by atoms with Crippen molar-refractivity contribution in [3.63, 3.8) is 0 Å². The standard InChI is InChI=1S/C13H16N2O2/c1-15-9-11(8-14-15)6-7-17-13-5-3-2-4-12(13)10-16/h2-5,8-9,16H,6-7,10H2,1H3. The molecular formula is C13H16N2O2. The van der Waals surface area contributed by atoms with Crippen LogP contribution < -0.4 is 4.74 Å². The number of aliphatic hydroxyl groups is 1. The summed E-state index contributed by atoms with van der Waals surface area (Å²) in [5.41, 5.74) is 1.97. The minimum atomic E-state index is 0.00304. The first-order valence-corrected chi connectivity index (χ1v) is 5.58. The van der Waals surface area contributed by atoms with E-state index in [2.05, 4.69) is 5.10 Å². The van der Waals surface area contributed by atoms with Crippen molar-refractivity contribution in [2.75, 3.05) is 6.61 Å². The van der Waals surface area contributed by atoms with Gasteiger partial charge in [-0.2, -0.15) is 5.10 Å². The number of para-hydroxylation sites is 1. The number of nitrogens with zero attached hydrogens (tertiary/aromatic N) is 2. The van der Waals surface area contributed by atoms with Crippen molar-refractivity contribution in [3.8, 4) is 5.75 Å². The Morgan fingerprint density at radius 3 is 2.88 bits per heavy atom. The van der Waals surface area contributed by atoms with Crippen LogP contribution in [0.1, 0.15) is 11.1 Å². The summed E-state index contributed by atoms with van der Waals surface area (Å²) in [4.78, 5) is 0. The van der Waals surface area contributed by atoms with E-state index in [1.807, 2.05) is 43.7 Å². The van der Waals surface area contributed by atoms with Crippen LogP contribution in [0.15, 0.2) is 36.7 Å². The predicted octanol–water partition coefficient (Wildman–Crippen LogP) is 1.53. The van der Waals surface area contributed by atoms with Gasteiger partial charge in [-0.3, -0.25) is 4.68 Å². The van der Waals surface area contributed by atoms with Crippen LogP contribution in [0.4, 0.5) is 0 Å². The van der Waals surface area contributed by atoms with Crippen LogP contribution in [0.2, 0.25) is 0 Å². The van der Waals surface area contributed by atoms with Crippen molar-refractivity contribution in [2.45, 2.75) is 13.0 Å². The third kappa shape index (κ3) is 3.07. The molecule has 2 rings (SSSR count). The molecule has 1 aromatic carbocycles. The van der Waals surface area contributed by atoms with E-state index in [4.69, 9.17) is 9.84 Å². The van der Waals surface area contributed by atoms with Gasteiger partial charge in [0.1, 0.15) is 5.75 Å². The molecule has 0 radical (unpaired) electrons. The Kier molecular flexibility index (Phi) is 3.77. The van der Waals surface area contributed by atoms with Gasteiger partial charge in [0.05, 0.1) is 19.4 Å². The maximum Gasteiger partial charge on any atom is 0.124 e. The molecule has 4 nitrogen and oxygen atoms in total. The average Bonchev–Trinajstić information content (AvgIpc) is 2.76. The molecule has 1 aromatic heterocycles. The van der Waals surface area contributed by atoms with Gasteiger partial charge in [-0.15, -0.1) is 0 Å². The Morgan fingerprint density at radius 1 is 1.35 bits per heavy atom. The Morgan fingerprint density at radius 2 is 2.18 bits per heavy atom. The lowest BCUT2D eigenvalue weighted by atomic mass is 10.2. The predicted molar refractivity (Wildman–Crippen MR) is 64.8 cm³/mol. The highest BCUT2D eigenvalue weighted by Crippen LogP contribution is 2.17. The number of hydrogen-bond acceptors (Lipinski definition) is 3.